The molecule has 5 heteroatoms. The van der Waals surface area contributed by atoms with Gasteiger partial charge in [0.05, 0.1) is 16.7 Å². The number of nitrogens with two attached hydrogens (primary N) is 1. The largest absolute Gasteiger partial charge is 0.384 e. The summed E-state index contributed by atoms with van der Waals surface area (Å²) >= 11 is 0. The zero-order chi connectivity index (χ0) is 19.4. The maximum atomic E-state index is 5.48. The molecule has 0 amide bonds. The number of unbranched alkanes of at least 4 members (excludes halogenated alkanes) is 1. The summed E-state index contributed by atoms with van der Waals surface area (Å²) in [5.74, 6) is 0. The van der Waals surface area contributed by atoms with Gasteiger partial charge < -0.3 is 21.7 Å². The number of aromatic nitrogens is 1. The summed E-state index contributed by atoms with van der Waals surface area (Å²) in [6, 6.07) is 16.7. The standard InChI is InChI=1S/C23H33N5/c24-13-7-16-25-14-5-6-15-26-17-8-18-27-23-19-9-1-3-11-21(19)28-22-12-4-2-10-20(22)23/h1-4,9-12,25-26H,5-8,13-18,24H2,(H,27,28). The molecule has 0 aliphatic carbocycles. The van der Waals surface area contributed by atoms with E-state index in [2.05, 4.69) is 52.3 Å². The highest BCUT2D eigenvalue weighted by Gasteiger charge is 2.07. The molecule has 0 radical (unpaired) electrons. The first kappa shape index (κ1) is 20.5. The molecular weight excluding hydrogens is 346 g/mol. The molecule has 0 spiro atoms. The number of hydrogen-bond donors (Lipinski definition) is 4. The predicted octanol–water partition coefficient (Wildman–Crippen LogP) is 3.50. The van der Waals surface area contributed by atoms with Crippen molar-refractivity contribution in [1.29, 1.82) is 0 Å². The summed E-state index contributed by atoms with van der Waals surface area (Å²) in [5.41, 5.74) is 8.77. The van der Waals surface area contributed by atoms with Gasteiger partial charge in [-0.2, -0.15) is 0 Å². The minimum Gasteiger partial charge on any atom is -0.384 e. The van der Waals surface area contributed by atoms with Crippen LogP contribution in [-0.4, -0.2) is 44.3 Å². The van der Waals surface area contributed by atoms with E-state index >= 15 is 0 Å². The molecule has 2 aromatic carbocycles. The van der Waals surface area contributed by atoms with E-state index in [9.17, 15) is 0 Å². The molecule has 0 fully saturated rings. The van der Waals surface area contributed by atoms with Gasteiger partial charge >= 0.3 is 0 Å². The predicted molar refractivity (Wildman–Crippen MR) is 121 cm³/mol. The van der Waals surface area contributed by atoms with Crippen molar-refractivity contribution in [3.05, 3.63) is 48.5 Å². The van der Waals surface area contributed by atoms with E-state index in [4.69, 9.17) is 10.7 Å². The van der Waals surface area contributed by atoms with Crippen LogP contribution in [0.15, 0.2) is 48.5 Å². The molecule has 0 aliphatic heterocycles. The van der Waals surface area contributed by atoms with Gasteiger partial charge in [0.15, 0.2) is 0 Å². The molecule has 3 rings (SSSR count). The topological polar surface area (TPSA) is 75.0 Å². The number of hydrogen-bond acceptors (Lipinski definition) is 5. The van der Waals surface area contributed by atoms with Crippen LogP contribution in [0.4, 0.5) is 5.69 Å². The van der Waals surface area contributed by atoms with E-state index in [-0.39, 0.29) is 0 Å². The first-order valence-corrected chi connectivity index (χ1v) is 10.5. The molecular formula is C23H33N5. The van der Waals surface area contributed by atoms with Crippen LogP contribution >= 0.6 is 0 Å². The molecule has 0 bridgehead atoms. The number of rotatable bonds is 13. The van der Waals surface area contributed by atoms with Crippen LogP contribution in [0.5, 0.6) is 0 Å². The van der Waals surface area contributed by atoms with Gasteiger partial charge in [0.1, 0.15) is 0 Å². The SMILES string of the molecule is NCCCNCCCCNCCCNc1c2ccccc2nc2ccccc12. The van der Waals surface area contributed by atoms with E-state index in [0.717, 1.165) is 63.1 Å². The molecule has 5 nitrogen and oxygen atoms in total. The summed E-state index contributed by atoms with van der Waals surface area (Å²) in [6.45, 7) is 5.97. The molecule has 150 valence electrons. The average molecular weight is 380 g/mol. The van der Waals surface area contributed by atoms with Crippen LogP contribution < -0.4 is 21.7 Å². The van der Waals surface area contributed by atoms with Crippen molar-refractivity contribution in [3.63, 3.8) is 0 Å². The normalized spacial score (nSPS) is 11.3. The molecule has 5 N–H and O–H groups in total. The number of nitrogens with one attached hydrogen (secondary N) is 3. The minimum absolute atomic E-state index is 0.771. The molecule has 1 heterocycles. The smallest absolute Gasteiger partial charge is 0.0730 e. The third-order valence-electron chi connectivity index (χ3n) is 4.93. The number of anilines is 1. The number of fused-ring (bicyclic) bond motifs is 2. The monoisotopic (exact) mass is 379 g/mol. The highest BCUT2D eigenvalue weighted by atomic mass is 14.9. The van der Waals surface area contributed by atoms with Crippen molar-refractivity contribution >= 4 is 27.5 Å². The maximum Gasteiger partial charge on any atom is 0.0730 e. The Bertz CT molecular complexity index is 795. The van der Waals surface area contributed by atoms with E-state index in [1.54, 1.807) is 0 Å². The summed E-state index contributed by atoms with van der Waals surface area (Å²) in [5, 5.41) is 13.0. The Hall–Kier alpha value is -2.21. The minimum atomic E-state index is 0.771. The molecule has 0 aliphatic rings. The van der Waals surface area contributed by atoms with Gasteiger partial charge in [-0.05, 0) is 70.5 Å². The summed E-state index contributed by atoms with van der Waals surface area (Å²) < 4.78 is 0. The van der Waals surface area contributed by atoms with Gasteiger partial charge in [0, 0.05) is 17.3 Å². The fourth-order valence-electron chi connectivity index (χ4n) is 3.43. The lowest BCUT2D eigenvalue weighted by Gasteiger charge is -2.13. The van der Waals surface area contributed by atoms with Gasteiger partial charge in [-0.1, -0.05) is 36.4 Å². The highest BCUT2D eigenvalue weighted by Crippen LogP contribution is 2.30. The summed E-state index contributed by atoms with van der Waals surface area (Å²) in [7, 11) is 0. The van der Waals surface area contributed by atoms with Gasteiger partial charge in [-0.15, -0.1) is 0 Å². The van der Waals surface area contributed by atoms with Crippen LogP contribution in [0.3, 0.4) is 0 Å². The number of pyridine rings is 1. The Kier molecular flexibility index (Phi) is 8.50. The van der Waals surface area contributed by atoms with Gasteiger partial charge in [-0.3, -0.25) is 0 Å². The van der Waals surface area contributed by atoms with Crippen LogP contribution in [0.25, 0.3) is 21.8 Å². The van der Waals surface area contributed by atoms with Crippen LogP contribution in [0.2, 0.25) is 0 Å². The summed E-state index contributed by atoms with van der Waals surface area (Å²) in [4.78, 5) is 4.78. The average Bonchev–Trinajstić information content (AvgIpc) is 2.73. The van der Waals surface area contributed by atoms with Crippen molar-refractivity contribution in [2.45, 2.75) is 25.7 Å². The molecule has 0 saturated heterocycles. The van der Waals surface area contributed by atoms with Crippen molar-refractivity contribution in [2.75, 3.05) is 44.6 Å². The third-order valence-corrected chi connectivity index (χ3v) is 4.93. The number of para-hydroxylation sites is 2. The van der Waals surface area contributed by atoms with Gasteiger partial charge in [0.25, 0.3) is 0 Å². The summed E-state index contributed by atoms with van der Waals surface area (Å²) in [6.07, 6.45) is 4.58. The first-order chi connectivity index (χ1) is 13.9. The molecule has 28 heavy (non-hydrogen) atoms. The molecule has 0 atom stereocenters. The van der Waals surface area contributed by atoms with E-state index < -0.39 is 0 Å². The number of nitrogens with zero attached hydrogens (tertiary/aromatic N) is 1. The first-order valence-electron chi connectivity index (χ1n) is 10.5. The van der Waals surface area contributed by atoms with E-state index in [1.807, 2.05) is 12.1 Å². The highest BCUT2D eigenvalue weighted by molar-refractivity contribution is 6.07. The maximum absolute atomic E-state index is 5.48. The molecule has 0 unspecified atom stereocenters. The van der Waals surface area contributed by atoms with E-state index in [0.29, 0.717) is 0 Å². The Labute approximate surface area is 168 Å². The van der Waals surface area contributed by atoms with Crippen molar-refractivity contribution in [1.82, 2.24) is 15.6 Å². The van der Waals surface area contributed by atoms with Crippen molar-refractivity contribution < 1.29 is 0 Å². The lowest BCUT2D eigenvalue weighted by molar-refractivity contribution is 0.572. The van der Waals surface area contributed by atoms with Crippen LogP contribution in [0.1, 0.15) is 25.7 Å². The van der Waals surface area contributed by atoms with Crippen molar-refractivity contribution in [2.24, 2.45) is 5.73 Å². The lowest BCUT2D eigenvalue weighted by atomic mass is 10.1. The molecule has 0 saturated carbocycles. The second-order valence-corrected chi connectivity index (χ2v) is 7.15. The lowest BCUT2D eigenvalue weighted by Crippen LogP contribution is -2.22. The fourth-order valence-corrected chi connectivity index (χ4v) is 3.43. The Morgan fingerprint density at radius 2 is 1.18 bits per heavy atom. The quantitative estimate of drug-likeness (QED) is 0.270. The van der Waals surface area contributed by atoms with Crippen molar-refractivity contribution in [3.8, 4) is 0 Å². The van der Waals surface area contributed by atoms with Crippen LogP contribution in [-0.2, 0) is 0 Å². The van der Waals surface area contributed by atoms with Crippen LogP contribution in [0, 0.1) is 0 Å². The third kappa shape index (κ3) is 5.89. The Morgan fingerprint density at radius 1 is 0.643 bits per heavy atom. The Morgan fingerprint density at radius 3 is 1.79 bits per heavy atom. The Balaban J connectivity index is 1.41. The fraction of sp³-hybridized carbons (Fsp3) is 0.435. The van der Waals surface area contributed by atoms with E-state index in [1.165, 1.54) is 29.3 Å². The van der Waals surface area contributed by atoms with Gasteiger partial charge in [0.2, 0.25) is 0 Å². The zero-order valence-corrected chi connectivity index (χ0v) is 16.7. The van der Waals surface area contributed by atoms with Gasteiger partial charge in [-0.25, -0.2) is 4.98 Å². The second kappa shape index (κ2) is 11.6. The second-order valence-electron chi connectivity index (χ2n) is 7.15. The number of benzene rings is 2. The molecule has 3 aromatic rings. The zero-order valence-electron chi connectivity index (χ0n) is 16.7. The molecule has 1 aromatic heterocycles.